The van der Waals surface area contributed by atoms with Crippen LogP contribution in [0, 0.1) is 0 Å². The zero-order valence-electron chi connectivity index (χ0n) is 6.02. The smallest absolute Gasteiger partial charge is 0.277 e. The van der Waals surface area contributed by atoms with E-state index in [2.05, 4.69) is 22.9 Å². The number of carbonyl (C=O) groups excluding carboxylic acids is 1. The number of nitrogens with zero attached hydrogens (tertiary/aromatic N) is 1. The molecule has 1 atom stereocenters. The summed E-state index contributed by atoms with van der Waals surface area (Å²) in [5.41, 5.74) is -0.735. The highest BCUT2D eigenvalue weighted by atomic mass is 32.1. The van der Waals surface area contributed by atoms with Crippen LogP contribution in [0.5, 0.6) is 5.75 Å². The molecule has 0 saturated carbocycles. The molecule has 0 saturated heterocycles. The fraction of sp³-hybridized carbons (Fsp3) is 0.143. The molecule has 0 aromatic carbocycles. The van der Waals surface area contributed by atoms with Gasteiger partial charge in [-0.2, -0.15) is 0 Å². The first-order valence-corrected chi connectivity index (χ1v) is 3.89. The standard InChI is InChI=1S/C7H6N2O2S/c10-6-7(12)11-4-2-1-3-8-5(4)9-6/h1-3,7,12H,(H,8,9,10). The largest absolute Gasteiger partial charge is 0.466 e. The molecule has 0 fully saturated rings. The van der Waals surface area contributed by atoms with E-state index in [1.54, 1.807) is 18.3 Å². The third-order valence-electron chi connectivity index (χ3n) is 1.48. The predicted molar refractivity (Wildman–Crippen MR) is 46.3 cm³/mol. The predicted octanol–water partition coefficient (Wildman–Crippen LogP) is 0.668. The highest BCUT2D eigenvalue weighted by Gasteiger charge is 2.24. The van der Waals surface area contributed by atoms with Crippen LogP contribution in [0.25, 0.3) is 0 Å². The highest BCUT2D eigenvalue weighted by molar-refractivity contribution is 7.81. The number of hydrogen-bond acceptors (Lipinski definition) is 4. The zero-order chi connectivity index (χ0) is 8.55. The van der Waals surface area contributed by atoms with Gasteiger partial charge in [-0.05, 0) is 12.1 Å². The lowest BCUT2D eigenvalue weighted by Crippen LogP contribution is -2.33. The molecule has 5 heteroatoms. The Morgan fingerprint density at radius 3 is 3.33 bits per heavy atom. The summed E-state index contributed by atoms with van der Waals surface area (Å²) in [6.45, 7) is 0. The van der Waals surface area contributed by atoms with Crippen LogP contribution >= 0.6 is 12.6 Å². The van der Waals surface area contributed by atoms with Crippen molar-refractivity contribution in [2.75, 3.05) is 5.32 Å². The molecule has 1 aromatic heterocycles. The molecule has 1 amide bonds. The van der Waals surface area contributed by atoms with Crippen molar-refractivity contribution in [3.05, 3.63) is 18.3 Å². The molecule has 4 nitrogen and oxygen atoms in total. The Labute approximate surface area is 74.4 Å². The van der Waals surface area contributed by atoms with E-state index < -0.39 is 5.44 Å². The van der Waals surface area contributed by atoms with Gasteiger partial charge in [0.2, 0.25) is 5.44 Å². The van der Waals surface area contributed by atoms with Crippen molar-refractivity contribution in [2.45, 2.75) is 5.44 Å². The van der Waals surface area contributed by atoms with Gasteiger partial charge in [0.25, 0.3) is 5.91 Å². The number of carbonyl (C=O) groups is 1. The lowest BCUT2D eigenvalue weighted by atomic mass is 10.4. The maximum absolute atomic E-state index is 11.0. The number of aromatic nitrogens is 1. The van der Waals surface area contributed by atoms with Gasteiger partial charge in [0.05, 0.1) is 0 Å². The van der Waals surface area contributed by atoms with Crippen LogP contribution in [0.3, 0.4) is 0 Å². The van der Waals surface area contributed by atoms with E-state index >= 15 is 0 Å². The molecule has 2 heterocycles. The van der Waals surface area contributed by atoms with Crippen LogP contribution in [0.15, 0.2) is 18.3 Å². The van der Waals surface area contributed by atoms with Gasteiger partial charge in [-0.3, -0.25) is 4.79 Å². The summed E-state index contributed by atoms with van der Waals surface area (Å²) in [7, 11) is 0. The third-order valence-corrected chi connectivity index (χ3v) is 1.82. The number of pyridine rings is 1. The number of ether oxygens (including phenoxy) is 1. The summed E-state index contributed by atoms with van der Waals surface area (Å²) in [5.74, 6) is 0.717. The maximum atomic E-state index is 11.0. The monoisotopic (exact) mass is 182 g/mol. The van der Waals surface area contributed by atoms with E-state index in [0.717, 1.165) is 0 Å². The highest BCUT2D eigenvalue weighted by Crippen LogP contribution is 2.26. The summed E-state index contributed by atoms with van der Waals surface area (Å²) in [4.78, 5) is 14.9. The number of fused-ring (bicyclic) bond motifs is 1. The molecule has 1 aliphatic rings. The van der Waals surface area contributed by atoms with Gasteiger partial charge in [-0.1, -0.05) is 0 Å². The van der Waals surface area contributed by atoms with Crippen LogP contribution < -0.4 is 10.1 Å². The first-order chi connectivity index (χ1) is 5.77. The number of rotatable bonds is 0. The fourth-order valence-corrected chi connectivity index (χ4v) is 1.11. The second-order valence-electron chi connectivity index (χ2n) is 2.31. The molecule has 1 aliphatic heterocycles. The Morgan fingerprint density at radius 2 is 2.50 bits per heavy atom. The van der Waals surface area contributed by atoms with Crippen LogP contribution in [-0.4, -0.2) is 16.3 Å². The average molecular weight is 182 g/mol. The molecule has 1 N–H and O–H groups in total. The van der Waals surface area contributed by atoms with Crippen molar-refractivity contribution in [1.29, 1.82) is 0 Å². The second-order valence-corrected chi connectivity index (χ2v) is 2.78. The number of thiol groups is 1. The van der Waals surface area contributed by atoms with Gasteiger partial charge in [0.15, 0.2) is 11.6 Å². The van der Waals surface area contributed by atoms with Crippen LogP contribution in [0.2, 0.25) is 0 Å². The maximum Gasteiger partial charge on any atom is 0.277 e. The van der Waals surface area contributed by atoms with Crippen molar-refractivity contribution in [3.8, 4) is 5.75 Å². The molecular weight excluding hydrogens is 176 g/mol. The number of anilines is 1. The second kappa shape index (κ2) is 2.67. The Hall–Kier alpha value is -1.23. The SMILES string of the molecule is O=C1Nc2ncccc2OC1S. The average Bonchev–Trinajstić information content (AvgIpc) is 2.07. The van der Waals surface area contributed by atoms with E-state index in [4.69, 9.17) is 4.74 Å². The molecule has 0 radical (unpaired) electrons. The minimum absolute atomic E-state index is 0.287. The topological polar surface area (TPSA) is 51.2 Å². The molecule has 1 unspecified atom stereocenters. The quantitative estimate of drug-likeness (QED) is 0.580. The molecule has 2 rings (SSSR count). The van der Waals surface area contributed by atoms with Crippen LogP contribution in [0.4, 0.5) is 5.82 Å². The van der Waals surface area contributed by atoms with E-state index in [1.165, 1.54) is 0 Å². The molecule has 0 bridgehead atoms. The van der Waals surface area contributed by atoms with Crippen LogP contribution in [0.1, 0.15) is 0 Å². The number of hydrogen-bond donors (Lipinski definition) is 2. The van der Waals surface area contributed by atoms with Crippen molar-refractivity contribution < 1.29 is 9.53 Å². The van der Waals surface area contributed by atoms with Crippen molar-refractivity contribution in [1.82, 2.24) is 4.98 Å². The normalized spacial score (nSPS) is 20.8. The van der Waals surface area contributed by atoms with Gasteiger partial charge in [0.1, 0.15) is 0 Å². The summed E-state index contributed by atoms with van der Waals surface area (Å²) < 4.78 is 5.13. The van der Waals surface area contributed by atoms with Crippen molar-refractivity contribution in [3.63, 3.8) is 0 Å². The molecule has 62 valence electrons. The van der Waals surface area contributed by atoms with E-state index in [0.29, 0.717) is 11.6 Å². The molecule has 0 spiro atoms. The molecule has 0 aliphatic carbocycles. The number of nitrogens with one attached hydrogen (secondary N) is 1. The Morgan fingerprint density at radius 1 is 1.67 bits per heavy atom. The van der Waals surface area contributed by atoms with Gasteiger partial charge in [-0.15, -0.1) is 12.6 Å². The van der Waals surface area contributed by atoms with Gasteiger partial charge in [0, 0.05) is 6.20 Å². The minimum atomic E-state index is -0.735. The lowest BCUT2D eigenvalue weighted by Gasteiger charge is -2.20. The van der Waals surface area contributed by atoms with Crippen LogP contribution in [-0.2, 0) is 4.79 Å². The van der Waals surface area contributed by atoms with Gasteiger partial charge < -0.3 is 10.1 Å². The van der Waals surface area contributed by atoms with Gasteiger partial charge >= 0.3 is 0 Å². The summed E-state index contributed by atoms with van der Waals surface area (Å²) in [5, 5.41) is 2.56. The molecule has 12 heavy (non-hydrogen) atoms. The molecular formula is C7H6N2O2S. The Balaban J connectivity index is 2.40. The summed E-state index contributed by atoms with van der Waals surface area (Å²) >= 11 is 3.92. The van der Waals surface area contributed by atoms with E-state index in [9.17, 15) is 4.79 Å². The summed E-state index contributed by atoms with van der Waals surface area (Å²) in [6, 6.07) is 3.46. The first kappa shape index (κ1) is 7.42. The molecule has 1 aromatic rings. The first-order valence-electron chi connectivity index (χ1n) is 3.38. The summed E-state index contributed by atoms with van der Waals surface area (Å²) in [6.07, 6.45) is 1.58. The van der Waals surface area contributed by atoms with E-state index in [1.807, 2.05) is 0 Å². The van der Waals surface area contributed by atoms with Gasteiger partial charge in [-0.25, -0.2) is 4.98 Å². The Bertz CT molecular complexity index is 329. The van der Waals surface area contributed by atoms with E-state index in [-0.39, 0.29) is 5.91 Å². The fourth-order valence-electron chi connectivity index (χ4n) is 0.932. The lowest BCUT2D eigenvalue weighted by molar-refractivity contribution is -0.120. The van der Waals surface area contributed by atoms with Crippen molar-refractivity contribution >= 4 is 24.4 Å². The van der Waals surface area contributed by atoms with Crippen molar-refractivity contribution in [2.24, 2.45) is 0 Å². The zero-order valence-corrected chi connectivity index (χ0v) is 6.91. The minimum Gasteiger partial charge on any atom is -0.466 e. The third kappa shape index (κ3) is 1.12. The number of amides is 1. The Kier molecular flexibility index (Phi) is 1.65.